The highest BCUT2D eigenvalue weighted by Gasteiger charge is 2.20. The van der Waals surface area contributed by atoms with Gasteiger partial charge in [0.2, 0.25) is 5.88 Å². The van der Waals surface area contributed by atoms with E-state index in [1.807, 2.05) is 13.8 Å². The predicted molar refractivity (Wildman–Crippen MR) is 75.7 cm³/mol. The van der Waals surface area contributed by atoms with E-state index in [1.165, 1.54) is 32.1 Å². The highest BCUT2D eigenvalue weighted by molar-refractivity contribution is 5.26. The summed E-state index contributed by atoms with van der Waals surface area (Å²) in [6, 6.07) is 0. The lowest BCUT2D eigenvalue weighted by atomic mass is 9.90. The summed E-state index contributed by atoms with van der Waals surface area (Å²) in [6.45, 7) is 3.78. The Balaban J connectivity index is 2.27. The fourth-order valence-electron chi connectivity index (χ4n) is 2.93. The van der Waals surface area contributed by atoms with Gasteiger partial charge in [0, 0.05) is 5.92 Å². The summed E-state index contributed by atoms with van der Waals surface area (Å²) in [5.74, 6) is 0.868. The quantitative estimate of drug-likeness (QED) is 0.860. The molecule has 2 N–H and O–H groups in total. The van der Waals surface area contributed by atoms with Gasteiger partial charge >= 0.3 is 0 Å². The zero-order chi connectivity index (χ0) is 13.8. The highest BCUT2D eigenvalue weighted by atomic mass is 16.3. The maximum absolute atomic E-state index is 12.0. The van der Waals surface area contributed by atoms with Crippen LogP contribution in [0.4, 0.5) is 0 Å². The van der Waals surface area contributed by atoms with Gasteiger partial charge in [0.25, 0.3) is 5.56 Å². The molecule has 0 saturated heterocycles. The summed E-state index contributed by atoms with van der Waals surface area (Å²) < 4.78 is 0. The molecule has 1 aromatic rings. The van der Waals surface area contributed by atoms with Crippen LogP contribution in [0.25, 0.3) is 0 Å². The van der Waals surface area contributed by atoms with E-state index in [0.717, 1.165) is 12.8 Å². The summed E-state index contributed by atoms with van der Waals surface area (Å²) in [5, 5.41) is 9.97. The summed E-state index contributed by atoms with van der Waals surface area (Å²) in [6.07, 6.45) is 8.32. The minimum Gasteiger partial charge on any atom is -0.493 e. The van der Waals surface area contributed by atoms with Gasteiger partial charge in [-0.25, -0.2) is 0 Å². The largest absolute Gasteiger partial charge is 0.493 e. The Hall–Kier alpha value is -1.32. The molecular weight excluding hydrogens is 240 g/mol. The molecular formula is C15H24N2O2. The molecule has 0 atom stereocenters. The molecule has 4 heteroatoms. The summed E-state index contributed by atoms with van der Waals surface area (Å²) >= 11 is 0. The number of hydrogen-bond acceptors (Lipinski definition) is 3. The third-order valence-corrected chi connectivity index (χ3v) is 4.02. The standard InChI is InChI=1S/C15H24N2O2/c1-10(2)12-14(18)16-13(17-15(12)19)11-8-6-4-3-5-7-9-11/h10-11H,3-9H2,1-2H3,(H2,16,17,18,19). The smallest absolute Gasteiger partial charge is 0.258 e. The molecule has 1 aliphatic carbocycles. The van der Waals surface area contributed by atoms with Gasteiger partial charge in [-0.05, 0) is 18.8 Å². The van der Waals surface area contributed by atoms with Crippen LogP contribution in [-0.2, 0) is 0 Å². The number of nitrogens with one attached hydrogen (secondary N) is 1. The van der Waals surface area contributed by atoms with Crippen molar-refractivity contribution in [3.63, 3.8) is 0 Å². The van der Waals surface area contributed by atoms with Crippen LogP contribution >= 0.6 is 0 Å². The lowest BCUT2D eigenvalue weighted by Crippen LogP contribution is -2.20. The van der Waals surface area contributed by atoms with Gasteiger partial charge in [-0.3, -0.25) is 4.79 Å². The first-order chi connectivity index (χ1) is 9.09. The minimum atomic E-state index is -0.181. The Morgan fingerprint density at radius 2 is 1.74 bits per heavy atom. The van der Waals surface area contributed by atoms with E-state index in [4.69, 9.17) is 0 Å². The van der Waals surface area contributed by atoms with Crippen molar-refractivity contribution in [2.75, 3.05) is 0 Å². The third-order valence-electron chi connectivity index (χ3n) is 4.02. The SMILES string of the molecule is CC(C)c1c(O)nc(C2CCCCCCC2)[nH]c1=O. The normalized spacial score (nSPS) is 18.3. The predicted octanol–water partition coefficient (Wildman–Crippen LogP) is 3.43. The van der Waals surface area contributed by atoms with Gasteiger partial charge in [0.1, 0.15) is 5.82 Å². The second-order valence-electron chi connectivity index (χ2n) is 5.89. The molecule has 4 nitrogen and oxygen atoms in total. The first kappa shape index (κ1) is 14.1. The number of aromatic hydroxyl groups is 1. The maximum atomic E-state index is 12.0. The molecule has 1 heterocycles. The maximum Gasteiger partial charge on any atom is 0.258 e. The van der Waals surface area contributed by atoms with Crippen molar-refractivity contribution in [1.29, 1.82) is 0 Å². The fourth-order valence-corrected chi connectivity index (χ4v) is 2.93. The molecule has 1 saturated carbocycles. The van der Waals surface area contributed by atoms with E-state index in [2.05, 4.69) is 9.97 Å². The Kier molecular flexibility index (Phi) is 4.61. The van der Waals surface area contributed by atoms with E-state index in [-0.39, 0.29) is 17.4 Å². The number of nitrogens with zero attached hydrogens (tertiary/aromatic N) is 1. The molecule has 106 valence electrons. The topological polar surface area (TPSA) is 66.0 Å². The first-order valence-corrected chi connectivity index (χ1v) is 7.42. The second-order valence-corrected chi connectivity index (χ2v) is 5.89. The molecule has 0 amide bonds. The number of H-pyrrole nitrogens is 1. The average Bonchev–Trinajstić information content (AvgIpc) is 2.26. The van der Waals surface area contributed by atoms with Crippen molar-refractivity contribution < 1.29 is 5.11 Å². The van der Waals surface area contributed by atoms with Crippen LogP contribution in [0.3, 0.4) is 0 Å². The minimum absolute atomic E-state index is 0.0115. The van der Waals surface area contributed by atoms with Gasteiger partial charge in [-0.2, -0.15) is 4.98 Å². The molecule has 1 fully saturated rings. The van der Waals surface area contributed by atoms with Crippen LogP contribution in [0, 0.1) is 0 Å². The lowest BCUT2D eigenvalue weighted by Gasteiger charge is -2.19. The fraction of sp³-hybridized carbons (Fsp3) is 0.733. The Morgan fingerprint density at radius 3 is 2.26 bits per heavy atom. The summed E-state index contributed by atoms with van der Waals surface area (Å²) in [5.41, 5.74) is 0.217. The van der Waals surface area contributed by atoms with Crippen molar-refractivity contribution in [2.45, 2.75) is 70.6 Å². The molecule has 19 heavy (non-hydrogen) atoms. The second kappa shape index (κ2) is 6.22. The van der Waals surface area contributed by atoms with E-state index < -0.39 is 0 Å². The molecule has 0 unspecified atom stereocenters. The third kappa shape index (κ3) is 3.37. The number of aromatic amines is 1. The first-order valence-electron chi connectivity index (χ1n) is 7.42. The molecule has 0 aliphatic heterocycles. The van der Waals surface area contributed by atoms with E-state index >= 15 is 0 Å². The molecule has 2 rings (SSSR count). The Morgan fingerprint density at radius 1 is 1.16 bits per heavy atom. The van der Waals surface area contributed by atoms with E-state index in [0.29, 0.717) is 17.3 Å². The average molecular weight is 264 g/mol. The van der Waals surface area contributed by atoms with Crippen LogP contribution in [0.1, 0.15) is 82.0 Å². The molecule has 0 bridgehead atoms. The van der Waals surface area contributed by atoms with Crippen LogP contribution in [-0.4, -0.2) is 15.1 Å². The molecule has 1 aromatic heterocycles. The Labute approximate surface area is 114 Å². The van der Waals surface area contributed by atoms with Crippen LogP contribution < -0.4 is 5.56 Å². The van der Waals surface area contributed by atoms with Crippen LogP contribution in [0.15, 0.2) is 4.79 Å². The van der Waals surface area contributed by atoms with Gasteiger partial charge in [-0.15, -0.1) is 0 Å². The molecule has 0 spiro atoms. The molecule has 0 aromatic carbocycles. The van der Waals surface area contributed by atoms with Gasteiger partial charge in [0.15, 0.2) is 0 Å². The number of aromatic nitrogens is 2. The monoisotopic (exact) mass is 264 g/mol. The van der Waals surface area contributed by atoms with Crippen LogP contribution in [0.5, 0.6) is 5.88 Å². The van der Waals surface area contributed by atoms with Crippen molar-refractivity contribution in [3.8, 4) is 5.88 Å². The molecule has 0 radical (unpaired) electrons. The van der Waals surface area contributed by atoms with Crippen molar-refractivity contribution in [1.82, 2.24) is 9.97 Å². The zero-order valence-electron chi connectivity index (χ0n) is 11.9. The van der Waals surface area contributed by atoms with Gasteiger partial charge in [-0.1, -0.05) is 46.0 Å². The van der Waals surface area contributed by atoms with Crippen molar-refractivity contribution in [3.05, 3.63) is 21.7 Å². The molecule has 1 aliphatic rings. The van der Waals surface area contributed by atoms with E-state index in [1.54, 1.807) is 0 Å². The Bertz CT molecular complexity index is 472. The van der Waals surface area contributed by atoms with Crippen LogP contribution in [0.2, 0.25) is 0 Å². The highest BCUT2D eigenvalue weighted by Crippen LogP contribution is 2.30. The number of hydrogen-bond donors (Lipinski definition) is 2. The zero-order valence-corrected chi connectivity index (χ0v) is 11.9. The van der Waals surface area contributed by atoms with Gasteiger partial charge in [0.05, 0.1) is 5.56 Å². The summed E-state index contributed by atoms with van der Waals surface area (Å²) in [7, 11) is 0. The number of rotatable bonds is 2. The van der Waals surface area contributed by atoms with Crippen molar-refractivity contribution in [2.24, 2.45) is 0 Å². The summed E-state index contributed by atoms with van der Waals surface area (Å²) in [4.78, 5) is 19.2. The van der Waals surface area contributed by atoms with Crippen molar-refractivity contribution >= 4 is 0 Å². The van der Waals surface area contributed by atoms with E-state index in [9.17, 15) is 9.90 Å². The lowest BCUT2D eigenvalue weighted by molar-refractivity contribution is 0.412. The van der Waals surface area contributed by atoms with Gasteiger partial charge < -0.3 is 10.1 Å².